The zero-order valence-corrected chi connectivity index (χ0v) is 33.1. The van der Waals surface area contributed by atoms with Gasteiger partial charge < -0.3 is 19.5 Å². The number of carbonyl (C=O) groups is 1. The fraction of sp³-hybridized carbons (Fsp3) is 0.878. The Morgan fingerprint density at radius 2 is 1.80 bits per heavy atom. The number of hydrogen-bond donors (Lipinski definition) is 1. The van der Waals surface area contributed by atoms with Crippen molar-refractivity contribution in [2.75, 3.05) is 33.9 Å². The molecule has 4 fully saturated rings. The summed E-state index contributed by atoms with van der Waals surface area (Å²) in [5.74, 6) is 1.87. The predicted octanol–water partition coefficient (Wildman–Crippen LogP) is 8.08. The van der Waals surface area contributed by atoms with Gasteiger partial charge in [-0.3, -0.25) is 4.79 Å². The molecular weight excluding hydrogens is 612 g/mol. The van der Waals surface area contributed by atoms with Crippen LogP contribution in [-0.4, -0.2) is 76.3 Å². The molecule has 4 aliphatic carbocycles. The molecule has 12 atom stereocenters. The molecule has 276 valence electrons. The number of aryl methyl sites for hydroxylation is 1. The van der Waals surface area contributed by atoms with E-state index in [-0.39, 0.29) is 44.8 Å². The van der Waals surface area contributed by atoms with Crippen molar-refractivity contribution >= 4 is 5.97 Å². The van der Waals surface area contributed by atoms with Gasteiger partial charge in [0, 0.05) is 16.4 Å². The average Bonchev–Trinajstić information content (AvgIpc) is 3.45. The van der Waals surface area contributed by atoms with Gasteiger partial charge in [0.1, 0.15) is 12.2 Å². The van der Waals surface area contributed by atoms with E-state index in [4.69, 9.17) is 14.6 Å². The van der Waals surface area contributed by atoms with E-state index in [1.807, 2.05) is 0 Å². The van der Waals surface area contributed by atoms with Crippen LogP contribution in [0.3, 0.4) is 0 Å². The Morgan fingerprint density at radius 3 is 2.37 bits per heavy atom. The molecule has 1 N–H and O–H groups in total. The summed E-state index contributed by atoms with van der Waals surface area (Å²) in [4.78, 5) is 20.4. The van der Waals surface area contributed by atoms with Gasteiger partial charge in [-0.2, -0.15) is 5.10 Å². The summed E-state index contributed by atoms with van der Waals surface area (Å²) in [6, 6.07) is 0.0281. The van der Waals surface area contributed by atoms with Crippen molar-refractivity contribution in [1.29, 1.82) is 0 Å². The van der Waals surface area contributed by atoms with Gasteiger partial charge in [-0.15, -0.1) is 0 Å². The Kier molecular flexibility index (Phi) is 9.17. The van der Waals surface area contributed by atoms with Gasteiger partial charge in [0.05, 0.1) is 37.9 Å². The molecule has 0 radical (unpaired) electrons. The van der Waals surface area contributed by atoms with Crippen LogP contribution < -0.4 is 0 Å². The lowest BCUT2D eigenvalue weighted by Gasteiger charge is -2.71. The third-order valence-electron chi connectivity index (χ3n) is 17.0. The fourth-order valence-electron chi connectivity index (χ4n) is 12.8. The molecule has 0 spiro atoms. The number of hydrogen-bond acceptors (Lipinski definition) is 6. The largest absolute Gasteiger partial charge is 0.481 e. The minimum Gasteiger partial charge on any atom is -0.481 e. The minimum atomic E-state index is -0.605. The lowest BCUT2D eigenvalue weighted by molar-refractivity contribution is -0.255. The first-order valence-corrected chi connectivity index (χ1v) is 19.4. The van der Waals surface area contributed by atoms with Crippen LogP contribution in [-0.2, 0) is 14.3 Å². The Balaban J connectivity index is 1.45. The number of aliphatic carboxylic acids is 1. The first-order valence-electron chi connectivity index (χ1n) is 19.4. The van der Waals surface area contributed by atoms with Crippen molar-refractivity contribution in [3.05, 3.63) is 23.8 Å². The summed E-state index contributed by atoms with van der Waals surface area (Å²) in [7, 11) is 4.33. The number of likely N-dealkylation sites (N-methyl/N-ethyl adjacent to an activating group) is 1. The van der Waals surface area contributed by atoms with Crippen LogP contribution in [0.2, 0.25) is 0 Å². The van der Waals surface area contributed by atoms with Gasteiger partial charge in [0.15, 0.2) is 0 Å². The Bertz CT molecular complexity index is 1440. The first-order chi connectivity index (χ1) is 22.7. The van der Waals surface area contributed by atoms with Gasteiger partial charge in [-0.1, -0.05) is 74.0 Å². The SMILES string of the molecule is Cc1ncnn1[C@@H]1C[C@@]23COC[C@](C)([C@@H]2CC[C@H]2C3=CC[C@@]3(C)[C@H](C(=O)O)[C@@](C)([C@H](C)C(C)C)CC[C@]23C)[C@H]1OC[C@@](C)(C(C)C)N(C)C. The Hall–Kier alpha value is -1.77. The molecule has 6 rings (SSSR count). The topological polar surface area (TPSA) is 89.7 Å². The van der Waals surface area contributed by atoms with Crippen molar-refractivity contribution in [2.24, 2.45) is 62.6 Å². The quantitative estimate of drug-likeness (QED) is 0.264. The van der Waals surface area contributed by atoms with E-state index in [1.54, 1.807) is 11.9 Å². The molecule has 8 nitrogen and oxygen atoms in total. The van der Waals surface area contributed by atoms with Crippen molar-refractivity contribution in [1.82, 2.24) is 19.7 Å². The number of nitrogens with zero attached hydrogens (tertiary/aromatic N) is 4. The molecule has 1 aromatic heterocycles. The molecule has 0 unspecified atom stereocenters. The number of carboxylic acid groups (broad SMARTS) is 1. The molecule has 0 aromatic carbocycles. The minimum absolute atomic E-state index is 0.0281. The van der Waals surface area contributed by atoms with E-state index in [9.17, 15) is 9.90 Å². The van der Waals surface area contributed by atoms with Gasteiger partial charge >= 0.3 is 5.97 Å². The molecule has 49 heavy (non-hydrogen) atoms. The maximum absolute atomic E-state index is 13.5. The van der Waals surface area contributed by atoms with Crippen LogP contribution in [0.5, 0.6) is 0 Å². The van der Waals surface area contributed by atoms with E-state index in [1.165, 1.54) is 0 Å². The Morgan fingerprint density at radius 1 is 1.10 bits per heavy atom. The Labute approximate surface area is 297 Å². The third-order valence-corrected chi connectivity index (χ3v) is 17.0. The molecule has 1 aliphatic heterocycles. The molecule has 1 aromatic rings. The summed E-state index contributed by atoms with van der Waals surface area (Å²) in [6.45, 7) is 27.4. The second-order valence-electron chi connectivity index (χ2n) is 19.5. The number of fused-ring (bicyclic) bond motifs is 3. The highest BCUT2D eigenvalue weighted by atomic mass is 16.5. The summed E-state index contributed by atoms with van der Waals surface area (Å²) >= 11 is 0. The van der Waals surface area contributed by atoms with E-state index in [2.05, 4.69) is 111 Å². The maximum Gasteiger partial charge on any atom is 0.307 e. The number of ether oxygens (including phenoxy) is 2. The summed E-state index contributed by atoms with van der Waals surface area (Å²) < 4.78 is 16.2. The lowest BCUT2D eigenvalue weighted by atomic mass is 9.34. The van der Waals surface area contributed by atoms with Gasteiger partial charge in [-0.25, -0.2) is 9.67 Å². The van der Waals surface area contributed by atoms with Crippen LogP contribution in [0.15, 0.2) is 18.0 Å². The second-order valence-corrected chi connectivity index (χ2v) is 19.5. The highest BCUT2D eigenvalue weighted by Crippen LogP contribution is 2.75. The average molecular weight is 681 g/mol. The maximum atomic E-state index is 13.5. The van der Waals surface area contributed by atoms with E-state index in [0.717, 1.165) is 44.3 Å². The molecular formula is C41H68N4O4. The smallest absolute Gasteiger partial charge is 0.307 e. The van der Waals surface area contributed by atoms with Crippen LogP contribution >= 0.6 is 0 Å². The van der Waals surface area contributed by atoms with Crippen molar-refractivity contribution < 1.29 is 19.4 Å². The highest BCUT2D eigenvalue weighted by molar-refractivity contribution is 5.73. The summed E-state index contributed by atoms with van der Waals surface area (Å²) in [5, 5.41) is 15.9. The zero-order valence-electron chi connectivity index (χ0n) is 33.1. The first kappa shape index (κ1) is 37.0. The summed E-state index contributed by atoms with van der Waals surface area (Å²) in [6.07, 6.45) is 10.1. The van der Waals surface area contributed by atoms with Crippen LogP contribution in [0.1, 0.15) is 120 Å². The number of allylic oxidation sites excluding steroid dienone is 1. The van der Waals surface area contributed by atoms with Crippen molar-refractivity contribution in [3.63, 3.8) is 0 Å². The molecule has 0 amide bonds. The van der Waals surface area contributed by atoms with Crippen LogP contribution in [0.25, 0.3) is 0 Å². The van der Waals surface area contributed by atoms with Gasteiger partial charge in [0.2, 0.25) is 0 Å². The molecule has 1 saturated heterocycles. The molecule has 2 heterocycles. The third kappa shape index (κ3) is 5.02. The van der Waals surface area contributed by atoms with Crippen LogP contribution in [0, 0.1) is 69.5 Å². The van der Waals surface area contributed by atoms with Gasteiger partial charge in [0.25, 0.3) is 0 Å². The second kappa shape index (κ2) is 12.1. The van der Waals surface area contributed by atoms with Crippen molar-refractivity contribution in [3.8, 4) is 0 Å². The lowest BCUT2D eigenvalue weighted by Crippen LogP contribution is -2.69. The van der Waals surface area contributed by atoms with Crippen molar-refractivity contribution in [2.45, 2.75) is 132 Å². The number of rotatable bonds is 9. The molecule has 2 bridgehead atoms. The fourth-order valence-corrected chi connectivity index (χ4v) is 12.8. The summed E-state index contributed by atoms with van der Waals surface area (Å²) in [5.41, 5.74) is 0.399. The van der Waals surface area contributed by atoms with E-state index < -0.39 is 11.9 Å². The zero-order chi connectivity index (χ0) is 36.1. The highest BCUT2D eigenvalue weighted by Gasteiger charge is 2.72. The normalized spacial score (nSPS) is 43.8. The predicted molar refractivity (Wildman–Crippen MR) is 194 cm³/mol. The molecule has 3 saturated carbocycles. The number of carboxylic acids is 1. The standard InChI is InChI=1S/C41H68N4O4/c1-25(2)27(5)36(7)18-19-38(9)29-14-15-32-37(8)21-48-23-41(32,30(29)16-17-39(38,10)33(36)35(46)47)20-31(45-28(6)42-24-43-45)34(37)49-22-40(11,26(3)4)44(12)13/h16,24-27,29,31-34H,14-15,17-23H2,1-13H3,(H,46,47)/t27-,29+,31-,32+,33-,34+,36-,37-,38-,39+,40+,41+/m1/s1. The monoisotopic (exact) mass is 681 g/mol. The van der Waals surface area contributed by atoms with E-state index in [0.29, 0.717) is 49.4 Å². The van der Waals surface area contributed by atoms with E-state index >= 15 is 0 Å². The molecule has 5 aliphatic rings. The van der Waals surface area contributed by atoms with Crippen LogP contribution in [0.4, 0.5) is 0 Å². The van der Waals surface area contributed by atoms with Gasteiger partial charge in [-0.05, 0) is 112 Å². The molecule has 8 heteroatoms. The number of aromatic nitrogens is 3.